The van der Waals surface area contributed by atoms with Crippen LogP contribution in [0.1, 0.15) is 12.5 Å². The number of guanidine groups is 1. The molecule has 0 amide bonds. The van der Waals surface area contributed by atoms with Crippen LogP contribution in [0.3, 0.4) is 0 Å². The van der Waals surface area contributed by atoms with Crippen molar-refractivity contribution in [2.45, 2.75) is 13.3 Å². The van der Waals surface area contributed by atoms with Crippen molar-refractivity contribution in [2.75, 3.05) is 23.4 Å². The molecule has 0 saturated carbocycles. The van der Waals surface area contributed by atoms with Gasteiger partial charge in [-0.1, -0.05) is 25.1 Å². The summed E-state index contributed by atoms with van der Waals surface area (Å²) in [6, 6.07) is 8.21. The largest absolute Gasteiger partial charge is 0.370 e. The lowest BCUT2D eigenvalue weighted by molar-refractivity contribution is 1.13. The summed E-state index contributed by atoms with van der Waals surface area (Å²) in [7, 11) is 0. The summed E-state index contributed by atoms with van der Waals surface area (Å²) in [5.74, 6) is 2.40. The molecule has 18 heavy (non-hydrogen) atoms. The summed E-state index contributed by atoms with van der Waals surface area (Å²) >= 11 is 1.80. The highest BCUT2D eigenvalue weighted by Gasteiger charge is 1.96. The second kappa shape index (κ2) is 8.64. The van der Waals surface area contributed by atoms with E-state index in [1.165, 1.54) is 5.56 Å². The fraction of sp³-hybridized carbons (Fsp3) is 0.357. The third-order valence-electron chi connectivity index (χ3n) is 2.36. The van der Waals surface area contributed by atoms with Crippen LogP contribution in [0.4, 0.5) is 5.69 Å². The van der Waals surface area contributed by atoms with Crippen LogP contribution in [-0.4, -0.2) is 24.0 Å². The molecule has 0 aliphatic rings. The molecular formula is C14H21N3S. The van der Waals surface area contributed by atoms with Crippen LogP contribution < -0.4 is 11.1 Å². The van der Waals surface area contributed by atoms with Gasteiger partial charge in [-0.2, -0.15) is 11.8 Å². The fourth-order valence-corrected chi connectivity index (χ4v) is 2.01. The lowest BCUT2D eigenvalue weighted by atomic mass is 10.1. The topological polar surface area (TPSA) is 50.4 Å². The van der Waals surface area contributed by atoms with Gasteiger partial charge < -0.3 is 11.1 Å². The Morgan fingerprint density at radius 1 is 1.56 bits per heavy atom. The number of anilines is 1. The predicted octanol–water partition coefficient (Wildman–Crippen LogP) is 2.89. The van der Waals surface area contributed by atoms with E-state index in [0.717, 1.165) is 30.2 Å². The lowest BCUT2D eigenvalue weighted by Crippen LogP contribution is -2.23. The van der Waals surface area contributed by atoms with Crippen molar-refractivity contribution < 1.29 is 0 Å². The molecule has 98 valence electrons. The van der Waals surface area contributed by atoms with Gasteiger partial charge in [0.15, 0.2) is 5.96 Å². The molecule has 1 rings (SSSR count). The normalized spacial score (nSPS) is 11.3. The molecule has 1 aromatic rings. The number of hydrogen-bond donors (Lipinski definition) is 2. The van der Waals surface area contributed by atoms with E-state index in [1.54, 1.807) is 11.8 Å². The maximum absolute atomic E-state index is 5.82. The molecule has 0 saturated heterocycles. The number of nitrogens with two attached hydrogens (primary N) is 1. The van der Waals surface area contributed by atoms with Crippen molar-refractivity contribution in [3.05, 3.63) is 42.5 Å². The van der Waals surface area contributed by atoms with Gasteiger partial charge >= 0.3 is 0 Å². The van der Waals surface area contributed by atoms with Crippen molar-refractivity contribution in [1.82, 2.24) is 0 Å². The van der Waals surface area contributed by atoms with Crippen LogP contribution in [0, 0.1) is 0 Å². The van der Waals surface area contributed by atoms with Gasteiger partial charge in [0.1, 0.15) is 0 Å². The summed E-state index contributed by atoms with van der Waals surface area (Å²) in [6.07, 6.45) is 2.91. The van der Waals surface area contributed by atoms with E-state index < -0.39 is 0 Å². The highest BCUT2D eigenvalue weighted by Crippen LogP contribution is 2.10. The van der Waals surface area contributed by atoms with Crippen LogP contribution in [0.15, 0.2) is 41.9 Å². The van der Waals surface area contributed by atoms with Gasteiger partial charge in [-0.15, -0.1) is 6.58 Å². The highest BCUT2D eigenvalue weighted by molar-refractivity contribution is 7.99. The fourth-order valence-electron chi connectivity index (χ4n) is 1.45. The molecule has 0 aromatic heterocycles. The Kier molecular flexibility index (Phi) is 7.03. The number of benzene rings is 1. The van der Waals surface area contributed by atoms with Crippen LogP contribution in [0.2, 0.25) is 0 Å². The molecule has 0 unspecified atom stereocenters. The first kappa shape index (κ1) is 14.6. The third-order valence-corrected chi connectivity index (χ3v) is 3.30. The highest BCUT2D eigenvalue weighted by atomic mass is 32.2. The van der Waals surface area contributed by atoms with Crippen molar-refractivity contribution >= 4 is 23.4 Å². The molecule has 0 aliphatic carbocycles. The molecule has 0 spiro atoms. The average Bonchev–Trinajstić information content (AvgIpc) is 2.38. The summed E-state index contributed by atoms with van der Waals surface area (Å²) in [5.41, 5.74) is 8.10. The van der Waals surface area contributed by atoms with Gasteiger partial charge in [-0.25, -0.2) is 0 Å². The van der Waals surface area contributed by atoms with Crippen LogP contribution in [0.5, 0.6) is 0 Å². The summed E-state index contributed by atoms with van der Waals surface area (Å²) in [4.78, 5) is 4.27. The third kappa shape index (κ3) is 5.77. The molecule has 0 atom stereocenters. The Bertz CT molecular complexity index is 402. The van der Waals surface area contributed by atoms with E-state index in [1.807, 2.05) is 18.2 Å². The van der Waals surface area contributed by atoms with E-state index >= 15 is 0 Å². The number of rotatable bonds is 7. The lowest BCUT2D eigenvalue weighted by Gasteiger charge is -2.07. The standard InChI is InChI=1S/C14H21N3S/c1-3-9-18-10-8-16-14(15)17-13-7-5-6-12(4-2)11-13/h3,5-7,11H,1,4,8-10H2,2H3,(H3,15,16,17). The smallest absolute Gasteiger partial charge is 0.193 e. The van der Waals surface area contributed by atoms with Crippen LogP contribution in [-0.2, 0) is 6.42 Å². The number of hydrogen-bond acceptors (Lipinski definition) is 2. The number of nitrogens with one attached hydrogen (secondary N) is 1. The monoisotopic (exact) mass is 263 g/mol. The maximum Gasteiger partial charge on any atom is 0.193 e. The quantitative estimate of drug-likeness (QED) is 0.344. The van der Waals surface area contributed by atoms with Gasteiger partial charge in [0.2, 0.25) is 0 Å². The maximum atomic E-state index is 5.82. The minimum Gasteiger partial charge on any atom is -0.370 e. The van der Waals surface area contributed by atoms with Crippen molar-refractivity contribution in [2.24, 2.45) is 10.7 Å². The van der Waals surface area contributed by atoms with Crippen molar-refractivity contribution in [3.63, 3.8) is 0 Å². The Hall–Kier alpha value is -1.42. The SMILES string of the molecule is C=CCSCCN=C(N)Nc1cccc(CC)c1. The molecule has 0 heterocycles. The molecule has 0 fully saturated rings. The van der Waals surface area contributed by atoms with E-state index in [2.05, 4.69) is 35.9 Å². The van der Waals surface area contributed by atoms with E-state index in [0.29, 0.717) is 5.96 Å². The summed E-state index contributed by atoms with van der Waals surface area (Å²) in [5, 5.41) is 3.11. The molecule has 3 nitrogen and oxygen atoms in total. The zero-order chi connectivity index (χ0) is 13.2. The number of aryl methyl sites for hydroxylation is 1. The first-order valence-electron chi connectivity index (χ1n) is 6.10. The second-order valence-corrected chi connectivity index (χ2v) is 4.96. The van der Waals surface area contributed by atoms with E-state index in [4.69, 9.17) is 5.73 Å². The van der Waals surface area contributed by atoms with Gasteiger partial charge in [-0.3, -0.25) is 4.99 Å². The average molecular weight is 263 g/mol. The van der Waals surface area contributed by atoms with Gasteiger partial charge in [0.25, 0.3) is 0 Å². The van der Waals surface area contributed by atoms with Gasteiger partial charge in [0, 0.05) is 17.2 Å². The minimum absolute atomic E-state index is 0.474. The molecule has 0 aliphatic heterocycles. The first-order chi connectivity index (χ1) is 8.76. The Labute approximate surface area is 114 Å². The number of nitrogens with zero attached hydrogens (tertiary/aromatic N) is 1. The molecule has 3 N–H and O–H groups in total. The van der Waals surface area contributed by atoms with E-state index in [9.17, 15) is 0 Å². The second-order valence-electron chi connectivity index (χ2n) is 3.81. The summed E-state index contributed by atoms with van der Waals surface area (Å²) in [6.45, 7) is 6.53. The zero-order valence-corrected chi connectivity index (χ0v) is 11.7. The zero-order valence-electron chi connectivity index (χ0n) is 10.9. The van der Waals surface area contributed by atoms with Gasteiger partial charge in [0.05, 0.1) is 6.54 Å². The minimum atomic E-state index is 0.474. The Balaban J connectivity index is 2.40. The molecular weight excluding hydrogens is 242 g/mol. The van der Waals surface area contributed by atoms with Crippen LogP contribution in [0.25, 0.3) is 0 Å². The molecule has 1 aromatic carbocycles. The molecule has 0 radical (unpaired) electrons. The number of aliphatic imine (C=N–C) groups is 1. The van der Waals surface area contributed by atoms with Gasteiger partial charge in [-0.05, 0) is 24.1 Å². The summed E-state index contributed by atoms with van der Waals surface area (Å²) < 4.78 is 0. The Morgan fingerprint density at radius 2 is 2.39 bits per heavy atom. The van der Waals surface area contributed by atoms with Crippen molar-refractivity contribution in [1.29, 1.82) is 0 Å². The predicted molar refractivity (Wildman–Crippen MR) is 83.5 cm³/mol. The molecule has 4 heteroatoms. The first-order valence-corrected chi connectivity index (χ1v) is 7.26. The Morgan fingerprint density at radius 3 is 3.11 bits per heavy atom. The molecule has 0 bridgehead atoms. The van der Waals surface area contributed by atoms with Crippen molar-refractivity contribution in [3.8, 4) is 0 Å². The van der Waals surface area contributed by atoms with Crippen LogP contribution >= 0.6 is 11.8 Å². The number of thioether (sulfide) groups is 1. The van der Waals surface area contributed by atoms with E-state index in [-0.39, 0.29) is 0 Å².